The van der Waals surface area contributed by atoms with E-state index in [9.17, 15) is 4.79 Å². The van der Waals surface area contributed by atoms with Gasteiger partial charge in [0.1, 0.15) is 0 Å². The topological polar surface area (TPSA) is 46.4 Å². The number of benzene rings is 2. The summed E-state index contributed by atoms with van der Waals surface area (Å²) in [4.78, 5) is 17.6. The first-order chi connectivity index (χ1) is 13.5. The number of amides is 1. The summed E-state index contributed by atoms with van der Waals surface area (Å²) in [5.74, 6) is -0.111. The Morgan fingerprint density at radius 3 is 2.46 bits per heavy atom. The zero-order chi connectivity index (χ0) is 19.7. The van der Waals surface area contributed by atoms with E-state index in [1.165, 1.54) is 17.3 Å². The van der Waals surface area contributed by atoms with E-state index in [1.54, 1.807) is 0 Å². The maximum absolute atomic E-state index is 12.4. The van der Waals surface area contributed by atoms with Crippen LogP contribution in [0.1, 0.15) is 22.5 Å². The van der Waals surface area contributed by atoms with Crippen molar-refractivity contribution in [1.82, 2.24) is 9.88 Å². The molecule has 1 aromatic heterocycles. The molecule has 0 aliphatic carbocycles. The van der Waals surface area contributed by atoms with Crippen LogP contribution in [0.25, 0.3) is 11.8 Å². The first kappa shape index (κ1) is 18.3. The van der Waals surface area contributed by atoms with Crippen LogP contribution in [0.4, 0.5) is 5.69 Å². The van der Waals surface area contributed by atoms with Gasteiger partial charge in [0, 0.05) is 17.1 Å². The molecule has 1 aliphatic heterocycles. The molecule has 4 nitrogen and oxygen atoms in total. The van der Waals surface area contributed by atoms with E-state index >= 15 is 0 Å². The SMILES string of the molecule is Cc1ccccc1-n1c(C)cc(/C=C2\SC(=Nc3ccccc3)NC2=O)c1C. The highest BCUT2D eigenvalue weighted by Gasteiger charge is 2.24. The molecule has 4 rings (SSSR count). The Bertz CT molecular complexity index is 1110. The third-order valence-corrected chi connectivity index (χ3v) is 5.66. The van der Waals surface area contributed by atoms with Crippen LogP contribution in [0.5, 0.6) is 0 Å². The van der Waals surface area contributed by atoms with Gasteiger partial charge in [0.2, 0.25) is 0 Å². The Labute approximate surface area is 169 Å². The number of amidine groups is 1. The second-order valence-corrected chi connectivity index (χ2v) is 7.80. The number of carbonyl (C=O) groups is 1. The van der Waals surface area contributed by atoms with Crippen molar-refractivity contribution in [2.75, 3.05) is 0 Å². The van der Waals surface area contributed by atoms with E-state index in [0.29, 0.717) is 10.1 Å². The molecule has 1 amide bonds. The lowest BCUT2D eigenvalue weighted by Gasteiger charge is -2.12. The Hall–Kier alpha value is -3.05. The minimum atomic E-state index is -0.111. The predicted octanol–water partition coefficient (Wildman–Crippen LogP) is 5.29. The van der Waals surface area contributed by atoms with Crippen molar-refractivity contribution in [3.05, 3.63) is 88.1 Å². The zero-order valence-electron chi connectivity index (χ0n) is 16.1. The van der Waals surface area contributed by atoms with E-state index in [4.69, 9.17) is 0 Å². The molecule has 3 aromatic rings. The number of hydrogen-bond donors (Lipinski definition) is 1. The highest BCUT2D eigenvalue weighted by atomic mass is 32.2. The van der Waals surface area contributed by atoms with Crippen molar-refractivity contribution in [1.29, 1.82) is 0 Å². The fraction of sp³-hybridized carbons (Fsp3) is 0.130. The average Bonchev–Trinajstić information content (AvgIpc) is 3.15. The number of aliphatic imine (C=N–C) groups is 1. The van der Waals surface area contributed by atoms with Gasteiger partial charge in [-0.3, -0.25) is 4.79 Å². The third kappa shape index (κ3) is 3.53. The fourth-order valence-electron chi connectivity index (χ4n) is 3.36. The Morgan fingerprint density at radius 2 is 1.71 bits per heavy atom. The number of carbonyl (C=O) groups excluding carboxylic acids is 1. The number of aromatic nitrogens is 1. The van der Waals surface area contributed by atoms with E-state index in [2.05, 4.69) is 53.8 Å². The van der Waals surface area contributed by atoms with Gasteiger partial charge in [0.15, 0.2) is 5.17 Å². The van der Waals surface area contributed by atoms with Crippen LogP contribution in [0.2, 0.25) is 0 Å². The number of rotatable bonds is 3. The van der Waals surface area contributed by atoms with Gasteiger partial charge < -0.3 is 9.88 Å². The van der Waals surface area contributed by atoms with Crippen LogP contribution >= 0.6 is 11.8 Å². The molecule has 0 atom stereocenters. The van der Waals surface area contributed by atoms with Gasteiger partial charge in [-0.15, -0.1) is 0 Å². The number of para-hydroxylation sites is 2. The van der Waals surface area contributed by atoms with Gasteiger partial charge >= 0.3 is 0 Å². The maximum Gasteiger partial charge on any atom is 0.264 e. The van der Waals surface area contributed by atoms with Gasteiger partial charge in [-0.1, -0.05) is 36.4 Å². The fourth-order valence-corrected chi connectivity index (χ4v) is 4.19. The van der Waals surface area contributed by atoms with Crippen LogP contribution in [-0.4, -0.2) is 15.6 Å². The second kappa shape index (κ2) is 7.52. The summed E-state index contributed by atoms with van der Waals surface area (Å²) in [6.45, 7) is 6.28. The van der Waals surface area contributed by atoms with Crippen LogP contribution < -0.4 is 5.32 Å². The Balaban J connectivity index is 1.67. The lowest BCUT2D eigenvalue weighted by Crippen LogP contribution is -2.19. The molecule has 28 heavy (non-hydrogen) atoms. The summed E-state index contributed by atoms with van der Waals surface area (Å²) in [5.41, 5.74) is 6.50. The molecule has 1 fully saturated rings. The van der Waals surface area contributed by atoms with Crippen molar-refractivity contribution >= 4 is 34.6 Å². The number of aryl methyl sites for hydroxylation is 2. The van der Waals surface area contributed by atoms with Gasteiger partial charge in [-0.05, 0) is 74.0 Å². The zero-order valence-corrected chi connectivity index (χ0v) is 16.9. The Morgan fingerprint density at radius 1 is 1.00 bits per heavy atom. The third-order valence-electron chi connectivity index (χ3n) is 4.75. The van der Waals surface area contributed by atoms with Crippen LogP contribution in [0, 0.1) is 20.8 Å². The minimum Gasteiger partial charge on any atom is -0.318 e. The number of nitrogens with one attached hydrogen (secondary N) is 1. The summed E-state index contributed by atoms with van der Waals surface area (Å²) in [7, 11) is 0. The van der Waals surface area contributed by atoms with E-state index in [0.717, 1.165) is 28.3 Å². The molecule has 1 aliphatic rings. The molecule has 0 spiro atoms. The van der Waals surface area contributed by atoms with Crippen molar-refractivity contribution in [2.45, 2.75) is 20.8 Å². The number of thioether (sulfide) groups is 1. The molecular formula is C23H21N3OS. The summed E-state index contributed by atoms with van der Waals surface area (Å²) < 4.78 is 2.23. The van der Waals surface area contributed by atoms with Crippen LogP contribution in [-0.2, 0) is 4.79 Å². The van der Waals surface area contributed by atoms with Crippen molar-refractivity contribution in [2.24, 2.45) is 4.99 Å². The van der Waals surface area contributed by atoms with Gasteiger partial charge in [-0.25, -0.2) is 4.99 Å². The lowest BCUT2D eigenvalue weighted by atomic mass is 10.2. The summed E-state index contributed by atoms with van der Waals surface area (Å²) in [6, 6.07) is 20.1. The Kier molecular flexibility index (Phi) is 4.92. The molecule has 0 unspecified atom stereocenters. The maximum atomic E-state index is 12.4. The average molecular weight is 388 g/mol. The molecule has 2 aromatic carbocycles. The summed E-state index contributed by atoms with van der Waals surface area (Å²) in [6.07, 6.45) is 1.95. The summed E-state index contributed by atoms with van der Waals surface area (Å²) in [5, 5.41) is 3.46. The van der Waals surface area contributed by atoms with Crippen molar-refractivity contribution in [3.63, 3.8) is 0 Å². The van der Waals surface area contributed by atoms with Gasteiger partial charge in [-0.2, -0.15) is 0 Å². The standard InChI is InChI=1S/C23H21N3OS/c1-15-9-7-8-12-20(15)26-16(2)13-18(17(26)3)14-21-22(27)25-23(28-21)24-19-10-5-4-6-11-19/h4-14H,1-3H3,(H,24,25,27)/b21-14-. The highest BCUT2D eigenvalue weighted by molar-refractivity contribution is 8.18. The van der Waals surface area contributed by atoms with E-state index in [1.807, 2.05) is 48.5 Å². The molecule has 5 heteroatoms. The van der Waals surface area contributed by atoms with E-state index in [-0.39, 0.29) is 5.91 Å². The lowest BCUT2D eigenvalue weighted by molar-refractivity contribution is -0.115. The smallest absolute Gasteiger partial charge is 0.264 e. The number of hydrogen-bond acceptors (Lipinski definition) is 3. The molecule has 2 heterocycles. The molecule has 1 saturated heterocycles. The summed E-state index contributed by atoms with van der Waals surface area (Å²) >= 11 is 1.37. The largest absolute Gasteiger partial charge is 0.318 e. The number of nitrogens with zero attached hydrogens (tertiary/aromatic N) is 2. The normalized spacial score (nSPS) is 16.8. The van der Waals surface area contributed by atoms with Crippen molar-refractivity contribution in [3.8, 4) is 5.69 Å². The molecule has 0 radical (unpaired) electrons. The molecule has 1 N–H and O–H groups in total. The predicted molar refractivity (Wildman–Crippen MR) is 117 cm³/mol. The quantitative estimate of drug-likeness (QED) is 0.620. The molecular weight excluding hydrogens is 366 g/mol. The monoisotopic (exact) mass is 387 g/mol. The first-order valence-electron chi connectivity index (χ1n) is 9.12. The first-order valence-corrected chi connectivity index (χ1v) is 9.94. The van der Waals surface area contributed by atoms with Crippen LogP contribution in [0.15, 0.2) is 70.6 Å². The second-order valence-electron chi connectivity index (χ2n) is 6.77. The van der Waals surface area contributed by atoms with E-state index < -0.39 is 0 Å². The molecule has 140 valence electrons. The van der Waals surface area contributed by atoms with Gasteiger partial charge in [0.25, 0.3) is 5.91 Å². The minimum absolute atomic E-state index is 0.111. The van der Waals surface area contributed by atoms with Gasteiger partial charge in [0.05, 0.1) is 10.6 Å². The van der Waals surface area contributed by atoms with Crippen LogP contribution in [0.3, 0.4) is 0 Å². The van der Waals surface area contributed by atoms with Crippen molar-refractivity contribution < 1.29 is 4.79 Å². The molecule has 0 saturated carbocycles. The highest BCUT2D eigenvalue weighted by Crippen LogP contribution is 2.31. The molecule has 0 bridgehead atoms.